The fraction of sp³-hybridized carbons (Fsp3) is 0.105. The highest BCUT2D eigenvalue weighted by Crippen LogP contribution is 2.17. The number of nitrogens with one attached hydrogen (secondary N) is 2. The van der Waals surface area contributed by atoms with E-state index in [4.69, 9.17) is 10.5 Å². The topological polar surface area (TPSA) is 88.7 Å². The summed E-state index contributed by atoms with van der Waals surface area (Å²) in [5, 5.41) is 23.1. The Balaban J connectivity index is 2.08. The standard InChI is InChI=1S/C19H16N4O/c1-2-15-5-3-4-6-18(15)23-19(24)16-7-9-17(10-8-16)22-13-14(11-20)12-21/h3-10,13,22H,2H2,1H3,(H,23,24). The van der Waals surface area contributed by atoms with E-state index >= 15 is 0 Å². The molecule has 0 bridgehead atoms. The van der Waals surface area contributed by atoms with Gasteiger partial charge in [-0.25, -0.2) is 0 Å². The monoisotopic (exact) mass is 316 g/mol. The number of hydrogen-bond acceptors (Lipinski definition) is 4. The van der Waals surface area contributed by atoms with Crippen LogP contribution in [0, 0.1) is 22.7 Å². The summed E-state index contributed by atoms with van der Waals surface area (Å²) in [6, 6.07) is 18.0. The van der Waals surface area contributed by atoms with Crippen molar-refractivity contribution < 1.29 is 4.79 Å². The van der Waals surface area contributed by atoms with Crippen molar-refractivity contribution in [2.75, 3.05) is 10.6 Å². The first-order valence-corrected chi connectivity index (χ1v) is 7.44. The van der Waals surface area contributed by atoms with Crippen LogP contribution in [0.3, 0.4) is 0 Å². The quantitative estimate of drug-likeness (QED) is 0.820. The molecule has 24 heavy (non-hydrogen) atoms. The second-order valence-electron chi connectivity index (χ2n) is 4.97. The van der Waals surface area contributed by atoms with Gasteiger partial charge in [-0.1, -0.05) is 25.1 Å². The number of nitriles is 2. The van der Waals surface area contributed by atoms with Crippen molar-refractivity contribution in [3.8, 4) is 12.1 Å². The number of benzene rings is 2. The number of anilines is 2. The molecule has 0 saturated heterocycles. The first-order valence-electron chi connectivity index (χ1n) is 7.44. The molecule has 5 heteroatoms. The van der Waals surface area contributed by atoms with Crippen molar-refractivity contribution >= 4 is 17.3 Å². The minimum Gasteiger partial charge on any atom is -0.360 e. The van der Waals surface area contributed by atoms with Crippen LogP contribution in [0.15, 0.2) is 60.3 Å². The molecule has 0 atom stereocenters. The Bertz CT molecular complexity index is 823. The van der Waals surface area contributed by atoms with Crippen molar-refractivity contribution in [3.05, 3.63) is 71.4 Å². The predicted octanol–water partition coefficient (Wildman–Crippen LogP) is 3.84. The Kier molecular flexibility index (Phi) is 5.71. The smallest absolute Gasteiger partial charge is 0.255 e. The molecule has 0 heterocycles. The first kappa shape index (κ1) is 16.8. The Morgan fingerprint density at radius 3 is 2.38 bits per heavy atom. The van der Waals surface area contributed by atoms with Gasteiger partial charge in [0.25, 0.3) is 5.91 Å². The number of aryl methyl sites for hydroxylation is 1. The van der Waals surface area contributed by atoms with Crippen molar-refractivity contribution in [3.63, 3.8) is 0 Å². The van der Waals surface area contributed by atoms with E-state index in [1.165, 1.54) is 6.20 Å². The summed E-state index contributed by atoms with van der Waals surface area (Å²) in [5.41, 5.74) is 3.07. The zero-order chi connectivity index (χ0) is 17.4. The molecule has 0 aliphatic heterocycles. The lowest BCUT2D eigenvalue weighted by Gasteiger charge is -2.10. The number of carbonyl (C=O) groups excluding carboxylic acids is 1. The second kappa shape index (κ2) is 8.17. The van der Waals surface area contributed by atoms with Crippen LogP contribution in [-0.4, -0.2) is 5.91 Å². The Labute approximate surface area is 140 Å². The molecule has 0 aromatic heterocycles. The van der Waals surface area contributed by atoms with E-state index in [1.54, 1.807) is 36.4 Å². The molecule has 2 aromatic carbocycles. The molecule has 0 aliphatic rings. The van der Waals surface area contributed by atoms with Crippen LogP contribution in [0.1, 0.15) is 22.8 Å². The van der Waals surface area contributed by atoms with Crippen molar-refractivity contribution in [2.45, 2.75) is 13.3 Å². The normalized spacial score (nSPS) is 9.29. The molecule has 5 nitrogen and oxygen atoms in total. The molecule has 2 N–H and O–H groups in total. The zero-order valence-electron chi connectivity index (χ0n) is 13.2. The first-order chi connectivity index (χ1) is 11.7. The summed E-state index contributed by atoms with van der Waals surface area (Å²) in [6.07, 6.45) is 2.17. The summed E-state index contributed by atoms with van der Waals surface area (Å²) in [6.45, 7) is 2.04. The SMILES string of the molecule is CCc1ccccc1NC(=O)c1ccc(NC=C(C#N)C#N)cc1. The van der Waals surface area contributed by atoms with E-state index in [9.17, 15) is 4.79 Å². The van der Waals surface area contributed by atoms with Gasteiger partial charge < -0.3 is 10.6 Å². The summed E-state index contributed by atoms with van der Waals surface area (Å²) in [7, 11) is 0. The van der Waals surface area contributed by atoms with E-state index in [-0.39, 0.29) is 11.5 Å². The number of para-hydroxylation sites is 1. The molecule has 1 amide bonds. The molecule has 0 unspecified atom stereocenters. The highest BCUT2D eigenvalue weighted by Gasteiger charge is 2.08. The zero-order valence-corrected chi connectivity index (χ0v) is 13.2. The fourth-order valence-corrected chi connectivity index (χ4v) is 2.11. The van der Waals surface area contributed by atoms with E-state index in [0.717, 1.165) is 17.7 Å². The van der Waals surface area contributed by atoms with Crippen LogP contribution in [0.25, 0.3) is 0 Å². The van der Waals surface area contributed by atoms with E-state index < -0.39 is 0 Å². The maximum Gasteiger partial charge on any atom is 0.255 e. The van der Waals surface area contributed by atoms with Crippen molar-refractivity contribution in [1.82, 2.24) is 0 Å². The number of rotatable bonds is 5. The fourth-order valence-electron chi connectivity index (χ4n) is 2.11. The van der Waals surface area contributed by atoms with Gasteiger partial charge in [-0.05, 0) is 42.3 Å². The van der Waals surface area contributed by atoms with Crippen LogP contribution in [-0.2, 0) is 6.42 Å². The average molecular weight is 316 g/mol. The third kappa shape index (κ3) is 4.22. The molecule has 0 spiro atoms. The van der Waals surface area contributed by atoms with E-state index in [0.29, 0.717) is 11.3 Å². The number of allylic oxidation sites excluding steroid dienone is 1. The largest absolute Gasteiger partial charge is 0.360 e. The minimum atomic E-state index is -0.187. The second-order valence-corrected chi connectivity index (χ2v) is 4.97. The lowest BCUT2D eigenvalue weighted by molar-refractivity contribution is 0.102. The maximum atomic E-state index is 12.3. The molecule has 0 fully saturated rings. The maximum absolute atomic E-state index is 12.3. The van der Waals surface area contributed by atoms with Crippen LogP contribution < -0.4 is 10.6 Å². The molecule has 2 aromatic rings. The van der Waals surface area contributed by atoms with Gasteiger partial charge in [-0.3, -0.25) is 4.79 Å². The number of hydrogen-bond donors (Lipinski definition) is 2. The third-order valence-corrected chi connectivity index (χ3v) is 3.42. The molecular formula is C19H16N4O. The van der Waals surface area contributed by atoms with Gasteiger partial charge in [0.1, 0.15) is 17.7 Å². The van der Waals surface area contributed by atoms with Crippen LogP contribution >= 0.6 is 0 Å². The van der Waals surface area contributed by atoms with Gasteiger partial charge in [0.05, 0.1) is 0 Å². The number of amides is 1. The molecular weight excluding hydrogens is 300 g/mol. The van der Waals surface area contributed by atoms with Gasteiger partial charge in [0, 0.05) is 23.1 Å². The Morgan fingerprint density at radius 1 is 1.08 bits per heavy atom. The molecule has 118 valence electrons. The summed E-state index contributed by atoms with van der Waals surface area (Å²) >= 11 is 0. The molecule has 0 saturated carbocycles. The van der Waals surface area contributed by atoms with Gasteiger partial charge >= 0.3 is 0 Å². The Hall–Kier alpha value is -3.57. The summed E-state index contributed by atoms with van der Waals surface area (Å²) < 4.78 is 0. The van der Waals surface area contributed by atoms with Crippen molar-refractivity contribution in [1.29, 1.82) is 10.5 Å². The number of carbonyl (C=O) groups is 1. The van der Waals surface area contributed by atoms with E-state index in [2.05, 4.69) is 10.6 Å². The number of nitrogens with zero attached hydrogens (tertiary/aromatic N) is 2. The molecule has 2 rings (SSSR count). The Morgan fingerprint density at radius 2 is 1.75 bits per heavy atom. The van der Waals surface area contributed by atoms with Gasteiger partial charge in [-0.15, -0.1) is 0 Å². The van der Waals surface area contributed by atoms with Crippen LogP contribution in [0.4, 0.5) is 11.4 Å². The highest BCUT2D eigenvalue weighted by atomic mass is 16.1. The van der Waals surface area contributed by atoms with Gasteiger partial charge in [0.2, 0.25) is 0 Å². The molecule has 0 aliphatic carbocycles. The lowest BCUT2D eigenvalue weighted by atomic mass is 10.1. The lowest BCUT2D eigenvalue weighted by Crippen LogP contribution is -2.13. The predicted molar refractivity (Wildman–Crippen MR) is 93.1 cm³/mol. The molecule has 0 radical (unpaired) electrons. The average Bonchev–Trinajstić information content (AvgIpc) is 2.63. The van der Waals surface area contributed by atoms with Crippen LogP contribution in [0.5, 0.6) is 0 Å². The van der Waals surface area contributed by atoms with E-state index in [1.807, 2.05) is 31.2 Å². The minimum absolute atomic E-state index is 0.0204. The highest BCUT2D eigenvalue weighted by molar-refractivity contribution is 6.04. The third-order valence-electron chi connectivity index (χ3n) is 3.42. The van der Waals surface area contributed by atoms with Crippen molar-refractivity contribution in [2.24, 2.45) is 0 Å². The summed E-state index contributed by atoms with van der Waals surface area (Å²) in [4.78, 5) is 12.3. The summed E-state index contributed by atoms with van der Waals surface area (Å²) in [5.74, 6) is -0.187. The van der Waals surface area contributed by atoms with Gasteiger partial charge in [-0.2, -0.15) is 10.5 Å². The van der Waals surface area contributed by atoms with Gasteiger partial charge in [0.15, 0.2) is 0 Å². The van der Waals surface area contributed by atoms with Crippen LogP contribution in [0.2, 0.25) is 0 Å².